The van der Waals surface area contributed by atoms with Crippen LogP contribution in [-0.2, 0) is 9.53 Å². The van der Waals surface area contributed by atoms with Gasteiger partial charge in [-0.2, -0.15) is 0 Å². The lowest BCUT2D eigenvalue weighted by Crippen LogP contribution is -2.25. The van der Waals surface area contributed by atoms with Gasteiger partial charge in [0.15, 0.2) is 0 Å². The van der Waals surface area contributed by atoms with Crippen LogP contribution in [0.5, 0.6) is 0 Å². The number of esters is 1. The number of hydrogen-bond acceptors (Lipinski definition) is 4. The van der Waals surface area contributed by atoms with Gasteiger partial charge >= 0.3 is 5.97 Å². The fourth-order valence-corrected chi connectivity index (χ4v) is 1.37. The molecule has 0 unspecified atom stereocenters. The van der Waals surface area contributed by atoms with E-state index >= 15 is 0 Å². The van der Waals surface area contributed by atoms with Crippen LogP contribution in [0.1, 0.15) is 26.2 Å². The van der Waals surface area contributed by atoms with E-state index in [0.29, 0.717) is 18.7 Å². The lowest BCUT2D eigenvalue weighted by atomic mass is 10.2. The van der Waals surface area contributed by atoms with Gasteiger partial charge in [-0.15, -0.1) is 0 Å². The molecule has 0 aliphatic rings. The van der Waals surface area contributed by atoms with Gasteiger partial charge in [-0.3, -0.25) is 0 Å². The molecule has 4 heteroatoms. The molecule has 0 aromatic carbocycles. The summed E-state index contributed by atoms with van der Waals surface area (Å²) < 4.78 is 4.85. The molecule has 0 fully saturated rings. The molecule has 0 atom stereocenters. The van der Waals surface area contributed by atoms with Gasteiger partial charge in [0.05, 0.1) is 6.61 Å². The summed E-state index contributed by atoms with van der Waals surface area (Å²) in [6.45, 7) is 7.56. The summed E-state index contributed by atoms with van der Waals surface area (Å²) in [7, 11) is 1.95. The number of hydrogen-bond donors (Lipinski definition) is 1. The monoisotopic (exact) mass is 229 g/mol. The molecule has 0 heterocycles. The highest BCUT2D eigenvalue weighted by molar-refractivity contribution is 5.88. The average molecular weight is 229 g/mol. The Morgan fingerprint density at radius 2 is 2.06 bits per heavy atom. The van der Waals surface area contributed by atoms with Crippen molar-refractivity contribution in [1.82, 2.24) is 4.90 Å². The maximum absolute atomic E-state index is 11.3. The summed E-state index contributed by atoms with van der Waals surface area (Å²) in [5.74, 6) is -0.315. The van der Waals surface area contributed by atoms with Gasteiger partial charge in [-0.1, -0.05) is 6.58 Å². The highest BCUT2D eigenvalue weighted by Gasteiger charge is 2.09. The van der Waals surface area contributed by atoms with Gasteiger partial charge in [0, 0.05) is 18.7 Å². The van der Waals surface area contributed by atoms with E-state index < -0.39 is 0 Å². The van der Waals surface area contributed by atoms with Crippen molar-refractivity contribution in [2.45, 2.75) is 26.2 Å². The SMILES string of the molecule is C=C(CN(C)CCCCCO)C(=O)OCC. The van der Waals surface area contributed by atoms with E-state index in [4.69, 9.17) is 9.84 Å². The van der Waals surface area contributed by atoms with Gasteiger partial charge < -0.3 is 14.7 Å². The minimum atomic E-state index is -0.315. The molecule has 0 aromatic heterocycles. The van der Waals surface area contributed by atoms with Gasteiger partial charge in [0.2, 0.25) is 0 Å². The number of likely N-dealkylation sites (N-methyl/N-ethyl adjacent to an activating group) is 1. The zero-order valence-corrected chi connectivity index (χ0v) is 10.4. The Morgan fingerprint density at radius 1 is 1.38 bits per heavy atom. The van der Waals surface area contributed by atoms with Crippen molar-refractivity contribution >= 4 is 5.97 Å². The number of nitrogens with zero attached hydrogens (tertiary/aromatic N) is 1. The number of rotatable bonds is 9. The van der Waals surface area contributed by atoms with Crippen LogP contribution in [0.25, 0.3) is 0 Å². The minimum absolute atomic E-state index is 0.249. The van der Waals surface area contributed by atoms with E-state index in [2.05, 4.69) is 6.58 Å². The van der Waals surface area contributed by atoms with Crippen molar-refractivity contribution in [2.24, 2.45) is 0 Å². The number of aliphatic hydroxyl groups is 1. The Balaban J connectivity index is 3.65. The smallest absolute Gasteiger partial charge is 0.334 e. The van der Waals surface area contributed by atoms with Crippen molar-refractivity contribution in [2.75, 3.05) is 33.4 Å². The zero-order chi connectivity index (χ0) is 12.4. The third-order valence-electron chi connectivity index (χ3n) is 2.22. The molecule has 1 N–H and O–H groups in total. The molecule has 0 bridgehead atoms. The van der Waals surface area contributed by atoms with Crippen LogP contribution in [0.15, 0.2) is 12.2 Å². The summed E-state index contributed by atoms with van der Waals surface area (Å²) in [6.07, 6.45) is 2.87. The van der Waals surface area contributed by atoms with E-state index in [1.165, 1.54) is 0 Å². The van der Waals surface area contributed by atoms with Gasteiger partial charge in [0.1, 0.15) is 0 Å². The fraction of sp³-hybridized carbons (Fsp3) is 0.750. The molecule has 4 nitrogen and oxygen atoms in total. The Hall–Kier alpha value is -0.870. The molecule has 0 aliphatic heterocycles. The summed E-state index contributed by atoms with van der Waals surface area (Å²) >= 11 is 0. The van der Waals surface area contributed by atoms with E-state index in [1.54, 1.807) is 6.92 Å². The fourth-order valence-electron chi connectivity index (χ4n) is 1.37. The summed E-state index contributed by atoms with van der Waals surface area (Å²) in [4.78, 5) is 13.3. The molecule has 16 heavy (non-hydrogen) atoms. The van der Waals surface area contributed by atoms with Gasteiger partial charge in [-0.05, 0) is 39.8 Å². The molecule has 0 aliphatic carbocycles. The highest BCUT2D eigenvalue weighted by atomic mass is 16.5. The van der Waals surface area contributed by atoms with Crippen LogP contribution in [-0.4, -0.2) is 49.3 Å². The summed E-state index contributed by atoms with van der Waals surface area (Å²) in [5, 5.41) is 8.62. The number of carbonyl (C=O) groups is 1. The molecule has 0 spiro atoms. The lowest BCUT2D eigenvalue weighted by molar-refractivity contribution is -0.138. The Kier molecular flexibility index (Phi) is 8.85. The van der Waals surface area contributed by atoms with Crippen molar-refractivity contribution < 1.29 is 14.6 Å². The van der Waals surface area contributed by atoms with Crippen molar-refractivity contribution in [3.63, 3.8) is 0 Å². The third kappa shape index (κ3) is 7.43. The Morgan fingerprint density at radius 3 is 2.62 bits per heavy atom. The first-order valence-corrected chi connectivity index (χ1v) is 5.76. The molecular formula is C12H23NO3. The standard InChI is InChI=1S/C12H23NO3/c1-4-16-12(15)11(2)10-13(3)8-6-5-7-9-14/h14H,2,4-10H2,1,3H3. The lowest BCUT2D eigenvalue weighted by Gasteiger charge is -2.17. The van der Waals surface area contributed by atoms with Crippen LogP contribution >= 0.6 is 0 Å². The predicted molar refractivity (Wildman–Crippen MR) is 64.2 cm³/mol. The first-order chi connectivity index (χ1) is 7.61. The molecular weight excluding hydrogens is 206 g/mol. The Labute approximate surface area is 97.9 Å². The molecule has 0 amide bonds. The van der Waals surface area contributed by atoms with Gasteiger partial charge in [0.25, 0.3) is 0 Å². The molecule has 94 valence electrons. The molecule has 0 aromatic rings. The molecule has 0 saturated carbocycles. The number of ether oxygens (including phenoxy) is 1. The van der Waals surface area contributed by atoms with Crippen LogP contribution in [0.2, 0.25) is 0 Å². The second kappa shape index (κ2) is 9.36. The number of aliphatic hydroxyl groups excluding tert-OH is 1. The van der Waals surface area contributed by atoms with E-state index in [-0.39, 0.29) is 12.6 Å². The van der Waals surface area contributed by atoms with Crippen molar-refractivity contribution in [1.29, 1.82) is 0 Å². The van der Waals surface area contributed by atoms with Crippen LogP contribution in [0, 0.1) is 0 Å². The van der Waals surface area contributed by atoms with E-state index in [9.17, 15) is 4.79 Å². The summed E-state index contributed by atoms with van der Waals surface area (Å²) in [6, 6.07) is 0. The average Bonchev–Trinajstić information content (AvgIpc) is 2.24. The van der Waals surface area contributed by atoms with E-state index in [0.717, 1.165) is 25.8 Å². The minimum Gasteiger partial charge on any atom is -0.463 e. The quantitative estimate of drug-likeness (QED) is 0.367. The second-order valence-corrected chi connectivity index (χ2v) is 3.85. The van der Waals surface area contributed by atoms with Crippen LogP contribution in [0.3, 0.4) is 0 Å². The second-order valence-electron chi connectivity index (χ2n) is 3.85. The largest absolute Gasteiger partial charge is 0.463 e. The Bertz CT molecular complexity index is 216. The summed E-state index contributed by atoms with van der Waals surface area (Å²) in [5.41, 5.74) is 0.492. The number of unbranched alkanes of at least 4 members (excludes halogenated alkanes) is 2. The third-order valence-corrected chi connectivity index (χ3v) is 2.22. The zero-order valence-electron chi connectivity index (χ0n) is 10.4. The van der Waals surface area contributed by atoms with Crippen LogP contribution in [0.4, 0.5) is 0 Å². The van der Waals surface area contributed by atoms with Crippen LogP contribution < -0.4 is 0 Å². The molecule has 0 radical (unpaired) electrons. The normalized spacial score (nSPS) is 10.5. The predicted octanol–water partition coefficient (Wildman–Crippen LogP) is 1.20. The molecule has 0 saturated heterocycles. The van der Waals surface area contributed by atoms with Crippen molar-refractivity contribution in [3.8, 4) is 0 Å². The van der Waals surface area contributed by atoms with E-state index in [1.807, 2.05) is 11.9 Å². The topological polar surface area (TPSA) is 49.8 Å². The van der Waals surface area contributed by atoms with Gasteiger partial charge in [-0.25, -0.2) is 4.79 Å². The maximum Gasteiger partial charge on any atom is 0.334 e. The number of carbonyl (C=O) groups excluding carboxylic acids is 1. The first-order valence-electron chi connectivity index (χ1n) is 5.76. The maximum atomic E-state index is 11.3. The van der Waals surface area contributed by atoms with Crippen molar-refractivity contribution in [3.05, 3.63) is 12.2 Å². The first kappa shape index (κ1) is 15.1. The highest BCUT2D eigenvalue weighted by Crippen LogP contribution is 2.01. The molecule has 0 rings (SSSR count).